The van der Waals surface area contributed by atoms with E-state index in [0.29, 0.717) is 48.4 Å². The van der Waals surface area contributed by atoms with Crippen molar-refractivity contribution in [1.29, 1.82) is 0 Å². The Labute approximate surface area is 202 Å². The number of hydrogen-bond donors (Lipinski definition) is 0. The second kappa shape index (κ2) is 11.5. The van der Waals surface area contributed by atoms with Gasteiger partial charge in [0.2, 0.25) is 0 Å². The first-order chi connectivity index (χ1) is 17.0. The van der Waals surface area contributed by atoms with Crippen LogP contribution in [0.25, 0.3) is 10.8 Å². The first-order valence-electron chi connectivity index (χ1n) is 11.3. The lowest BCUT2D eigenvalue weighted by Crippen LogP contribution is -2.02. The van der Waals surface area contributed by atoms with Crippen molar-refractivity contribution in [2.45, 2.75) is 32.3 Å². The highest BCUT2D eigenvalue weighted by atomic mass is 19.3. The van der Waals surface area contributed by atoms with Gasteiger partial charge in [-0.2, -0.15) is 8.78 Å². The molecule has 0 aliphatic carbocycles. The molecule has 1 aromatic heterocycles. The third kappa shape index (κ3) is 6.59. The summed E-state index contributed by atoms with van der Waals surface area (Å²) in [5.74, 6) is 1.19. The van der Waals surface area contributed by atoms with Gasteiger partial charge >= 0.3 is 6.61 Å². The summed E-state index contributed by atoms with van der Waals surface area (Å²) in [6.07, 6.45) is 7.44. The van der Waals surface area contributed by atoms with Crippen LogP contribution >= 0.6 is 0 Å². The Kier molecular flexibility index (Phi) is 7.98. The lowest BCUT2D eigenvalue weighted by molar-refractivity contribution is -0.0498. The number of benzene rings is 3. The maximum absolute atomic E-state index is 15.1. The topological polar surface area (TPSA) is 44.2 Å². The van der Waals surface area contributed by atoms with Gasteiger partial charge in [-0.3, -0.25) is 0 Å². The van der Waals surface area contributed by atoms with Gasteiger partial charge in [-0.25, -0.2) is 14.4 Å². The predicted molar refractivity (Wildman–Crippen MR) is 130 cm³/mol. The van der Waals surface area contributed by atoms with E-state index in [2.05, 4.69) is 21.3 Å². The highest BCUT2D eigenvalue weighted by molar-refractivity contribution is 5.84. The van der Waals surface area contributed by atoms with Gasteiger partial charge in [0.1, 0.15) is 24.0 Å². The molecule has 7 heteroatoms. The normalized spacial score (nSPS) is 11.1. The van der Waals surface area contributed by atoms with Crippen LogP contribution in [0.1, 0.15) is 22.5 Å². The molecule has 4 aromatic rings. The molecule has 1 heterocycles. The van der Waals surface area contributed by atoms with Crippen molar-refractivity contribution in [2.75, 3.05) is 6.61 Å². The third-order valence-corrected chi connectivity index (χ3v) is 5.62. The zero-order valence-corrected chi connectivity index (χ0v) is 19.1. The Morgan fingerprint density at radius 2 is 1.54 bits per heavy atom. The largest absolute Gasteiger partial charge is 0.486 e. The first kappa shape index (κ1) is 24.3. The molecule has 0 aliphatic heterocycles. The Balaban J connectivity index is 1.37. The summed E-state index contributed by atoms with van der Waals surface area (Å²) < 4.78 is 49.5. The molecule has 0 spiro atoms. The lowest BCUT2D eigenvalue weighted by atomic mass is 9.98. The summed E-state index contributed by atoms with van der Waals surface area (Å²) in [5, 5.41) is 1.42. The standard InChI is InChI=1S/C28H25F3N2O2/c1-2-15-34-24-17-32-26(33-18-24)14-7-20-6-13-25-22(16-20)10-9-21(27(25)29)8-3-19-4-11-23(12-5-19)35-28(30)31/h2,4-6,9-13,16-18,28H,1,3,7-8,14-15H2. The summed E-state index contributed by atoms with van der Waals surface area (Å²) >= 11 is 0. The maximum atomic E-state index is 15.1. The van der Waals surface area contributed by atoms with Crippen molar-refractivity contribution < 1.29 is 22.6 Å². The summed E-state index contributed by atoms with van der Waals surface area (Å²) in [6.45, 7) is 1.16. The van der Waals surface area contributed by atoms with Crippen molar-refractivity contribution in [3.8, 4) is 11.5 Å². The molecule has 0 N–H and O–H groups in total. The quantitative estimate of drug-likeness (QED) is 0.231. The van der Waals surface area contributed by atoms with Crippen molar-refractivity contribution >= 4 is 10.8 Å². The SMILES string of the molecule is C=CCOc1cnc(CCc2ccc3c(F)c(CCc4ccc(OC(F)F)cc4)ccc3c2)nc1. The molecule has 0 fully saturated rings. The molecule has 180 valence electrons. The van der Waals surface area contributed by atoms with Gasteiger partial charge in [0.05, 0.1) is 12.4 Å². The minimum atomic E-state index is -2.85. The number of alkyl halides is 2. The summed E-state index contributed by atoms with van der Waals surface area (Å²) in [4.78, 5) is 8.65. The van der Waals surface area contributed by atoms with E-state index in [1.807, 2.05) is 24.3 Å². The van der Waals surface area contributed by atoms with E-state index < -0.39 is 6.61 Å². The summed E-state index contributed by atoms with van der Waals surface area (Å²) in [5.41, 5.74) is 2.61. The first-order valence-corrected chi connectivity index (χ1v) is 11.3. The van der Waals surface area contributed by atoms with E-state index in [1.54, 1.807) is 36.7 Å². The fraction of sp³-hybridized carbons (Fsp3) is 0.214. The number of ether oxygens (including phenoxy) is 2. The van der Waals surface area contributed by atoms with Crippen LogP contribution in [-0.2, 0) is 25.7 Å². The molecule has 0 bridgehead atoms. The van der Waals surface area contributed by atoms with E-state index in [1.165, 1.54) is 12.1 Å². The van der Waals surface area contributed by atoms with Crippen molar-refractivity contribution in [2.24, 2.45) is 0 Å². The van der Waals surface area contributed by atoms with Crippen LogP contribution in [0, 0.1) is 5.82 Å². The molecule has 4 nitrogen and oxygen atoms in total. The van der Waals surface area contributed by atoms with Gasteiger partial charge in [0, 0.05) is 11.8 Å². The van der Waals surface area contributed by atoms with Crippen LogP contribution in [0.3, 0.4) is 0 Å². The zero-order chi connectivity index (χ0) is 24.6. The molecule has 0 atom stereocenters. The molecule has 0 aliphatic rings. The monoisotopic (exact) mass is 478 g/mol. The fourth-order valence-electron chi connectivity index (χ4n) is 3.81. The van der Waals surface area contributed by atoms with Crippen LogP contribution < -0.4 is 9.47 Å². The molecule has 0 amide bonds. The molecule has 0 saturated heterocycles. The molecule has 0 radical (unpaired) electrons. The van der Waals surface area contributed by atoms with Gasteiger partial charge in [0.25, 0.3) is 0 Å². The summed E-state index contributed by atoms with van der Waals surface area (Å²) in [6, 6.07) is 15.9. The number of aromatic nitrogens is 2. The second-order valence-corrected chi connectivity index (χ2v) is 8.05. The Morgan fingerprint density at radius 1 is 0.829 bits per heavy atom. The molecule has 4 rings (SSSR count). The van der Waals surface area contributed by atoms with E-state index in [4.69, 9.17) is 4.74 Å². The van der Waals surface area contributed by atoms with Crippen LogP contribution in [0.5, 0.6) is 11.5 Å². The average Bonchev–Trinajstić information content (AvgIpc) is 2.87. The highest BCUT2D eigenvalue weighted by Crippen LogP contribution is 2.25. The van der Waals surface area contributed by atoms with Gasteiger partial charge in [-0.15, -0.1) is 0 Å². The number of fused-ring (bicyclic) bond motifs is 1. The van der Waals surface area contributed by atoms with E-state index in [9.17, 15) is 8.78 Å². The Hall–Kier alpha value is -3.87. The molecule has 3 aromatic carbocycles. The molecule has 0 unspecified atom stereocenters. The van der Waals surface area contributed by atoms with Crippen molar-refractivity contribution in [3.63, 3.8) is 0 Å². The highest BCUT2D eigenvalue weighted by Gasteiger charge is 2.10. The van der Waals surface area contributed by atoms with Crippen LogP contribution in [-0.4, -0.2) is 23.2 Å². The zero-order valence-electron chi connectivity index (χ0n) is 19.1. The molecule has 0 saturated carbocycles. The molecular weight excluding hydrogens is 453 g/mol. The minimum Gasteiger partial charge on any atom is -0.486 e. The number of aryl methyl sites for hydroxylation is 4. The smallest absolute Gasteiger partial charge is 0.387 e. The van der Waals surface area contributed by atoms with Gasteiger partial charge in [0.15, 0.2) is 5.75 Å². The minimum absolute atomic E-state index is 0.109. The maximum Gasteiger partial charge on any atom is 0.387 e. The van der Waals surface area contributed by atoms with Crippen LogP contribution in [0.2, 0.25) is 0 Å². The second-order valence-electron chi connectivity index (χ2n) is 8.05. The Morgan fingerprint density at radius 3 is 2.26 bits per heavy atom. The number of rotatable bonds is 11. The van der Waals surface area contributed by atoms with Gasteiger partial charge < -0.3 is 9.47 Å². The van der Waals surface area contributed by atoms with Gasteiger partial charge in [-0.05, 0) is 53.5 Å². The van der Waals surface area contributed by atoms with Crippen LogP contribution in [0.4, 0.5) is 13.2 Å². The summed E-state index contributed by atoms with van der Waals surface area (Å²) in [7, 11) is 0. The van der Waals surface area contributed by atoms with Crippen LogP contribution in [0.15, 0.2) is 79.6 Å². The Bertz CT molecular complexity index is 1280. The van der Waals surface area contributed by atoms with E-state index in [0.717, 1.165) is 22.9 Å². The number of nitrogens with zero attached hydrogens (tertiary/aromatic N) is 2. The van der Waals surface area contributed by atoms with Crippen molar-refractivity contribution in [1.82, 2.24) is 9.97 Å². The van der Waals surface area contributed by atoms with Crippen molar-refractivity contribution in [3.05, 3.63) is 108 Å². The number of halogens is 3. The van der Waals surface area contributed by atoms with E-state index >= 15 is 4.39 Å². The predicted octanol–water partition coefficient (Wildman–Crippen LogP) is 6.51. The molecular formula is C28H25F3N2O2. The average molecular weight is 479 g/mol. The van der Waals surface area contributed by atoms with Gasteiger partial charge in [-0.1, -0.05) is 55.1 Å². The molecule has 35 heavy (non-hydrogen) atoms. The fourth-order valence-corrected chi connectivity index (χ4v) is 3.81. The third-order valence-electron chi connectivity index (χ3n) is 5.62. The number of hydrogen-bond acceptors (Lipinski definition) is 4. The van der Waals surface area contributed by atoms with E-state index in [-0.39, 0.29) is 11.6 Å². The lowest BCUT2D eigenvalue weighted by Gasteiger charge is -2.10.